The molecule has 0 bridgehead atoms. The number of aryl methyl sites for hydroxylation is 1. The molecule has 0 aliphatic carbocycles. The minimum atomic E-state index is 0.806. The summed E-state index contributed by atoms with van der Waals surface area (Å²) in [6.45, 7) is 6.13. The first kappa shape index (κ1) is 12.2. The van der Waals surface area contributed by atoms with E-state index >= 15 is 0 Å². The van der Waals surface area contributed by atoms with Crippen molar-refractivity contribution in [1.29, 1.82) is 0 Å². The molecule has 1 aromatic heterocycles. The second-order valence-electron chi connectivity index (χ2n) is 3.94. The number of nitrogens with one attached hydrogen (secondary N) is 1. The van der Waals surface area contributed by atoms with E-state index in [0.29, 0.717) is 0 Å². The average Bonchev–Trinajstić information content (AvgIpc) is 2.57. The van der Waals surface area contributed by atoms with Crippen molar-refractivity contribution in [1.82, 2.24) is 20.3 Å². The van der Waals surface area contributed by atoms with Gasteiger partial charge in [0.15, 0.2) is 0 Å². The lowest BCUT2D eigenvalue weighted by molar-refractivity contribution is 0.519. The number of hydrogen-bond acceptors (Lipinski definition) is 3. The molecule has 0 aliphatic rings. The molecular weight excluding hydrogens is 188 g/mol. The highest BCUT2D eigenvalue weighted by molar-refractivity contribution is 5.07. The van der Waals surface area contributed by atoms with Gasteiger partial charge in [-0.3, -0.25) is 0 Å². The van der Waals surface area contributed by atoms with Gasteiger partial charge in [-0.2, -0.15) is 0 Å². The van der Waals surface area contributed by atoms with E-state index in [4.69, 9.17) is 0 Å². The lowest BCUT2D eigenvalue weighted by Crippen LogP contribution is -2.08. The molecule has 0 aromatic carbocycles. The van der Waals surface area contributed by atoms with E-state index in [2.05, 4.69) is 29.5 Å². The predicted octanol–water partition coefficient (Wildman–Crippen LogP) is 1.89. The second kappa shape index (κ2) is 6.56. The Bertz CT molecular complexity index is 280. The molecule has 0 saturated carbocycles. The summed E-state index contributed by atoms with van der Waals surface area (Å²) in [4.78, 5) is 0. The Kier molecular flexibility index (Phi) is 5.32. The largest absolute Gasteiger partial charge is 0.314 e. The van der Waals surface area contributed by atoms with Crippen LogP contribution in [0.5, 0.6) is 0 Å². The van der Waals surface area contributed by atoms with Crippen LogP contribution in [0.1, 0.15) is 44.0 Å². The number of unbranched alkanes of at least 4 members (excludes halogenated alkanes) is 3. The van der Waals surface area contributed by atoms with Crippen LogP contribution in [0.25, 0.3) is 0 Å². The molecule has 4 nitrogen and oxygen atoms in total. The van der Waals surface area contributed by atoms with E-state index in [1.165, 1.54) is 31.4 Å². The quantitative estimate of drug-likeness (QED) is 0.699. The van der Waals surface area contributed by atoms with Gasteiger partial charge in [0.05, 0.1) is 11.4 Å². The Labute approximate surface area is 92.1 Å². The van der Waals surface area contributed by atoms with E-state index in [0.717, 1.165) is 18.8 Å². The summed E-state index contributed by atoms with van der Waals surface area (Å²) in [6.07, 6.45) is 5.09. The third-order valence-electron chi connectivity index (χ3n) is 2.65. The van der Waals surface area contributed by atoms with Crippen LogP contribution >= 0.6 is 0 Å². The average molecular weight is 210 g/mol. The zero-order valence-electron chi connectivity index (χ0n) is 10.1. The SMILES string of the molecule is CCCCCCn1nnc(CNC)c1C. The molecule has 0 radical (unpaired) electrons. The van der Waals surface area contributed by atoms with E-state index in [9.17, 15) is 0 Å². The normalized spacial score (nSPS) is 10.9. The fourth-order valence-corrected chi connectivity index (χ4v) is 1.63. The second-order valence-corrected chi connectivity index (χ2v) is 3.94. The molecule has 0 unspecified atom stereocenters. The van der Waals surface area contributed by atoms with E-state index in [1.54, 1.807) is 0 Å². The van der Waals surface area contributed by atoms with Crippen molar-refractivity contribution in [3.63, 3.8) is 0 Å². The Balaban J connectivity index is 2.40. The highest BCUT2D eigenvalue weighted by atomic mass is 15.4. The van der Waals surface area contributed by atoms with Gasteiger partial charge in [0.2, 0.25) is 0 Å². The molecule has 0 spiro atoms. The molecular formula is C11H22N4. The first-order chi connectivity index (χ1) is 7.29. The van der Waals surface area contributed by atoms with Crippen molar-refractivity contribution in [2.24, 2.45) is 0 Å². The van der Waals surface area contributed by atoms with E-state index < -0.39 is 0 Å². The Morgan fingerprint density at radius 1 is 1.27 bits per heavy atom. The summed E-state index contributed by atoms with van der Waals surface area (Å²) in [5.74, 6) is 0. The summed E-state index contributed by atoms with van der Waals surface area (Å²) in [7, 11) is 1.93. The zero-order valence-corrected chi connectivity index (χ0v) is 10.1. The number of nitrogens with zero attached hydrogens (tertiary/aromatic N) is 3. The van der Waals surface area contributed by atoms with Crippen molar-refractivity contribution in [3.8, 4) is 0 Å². The molecule has 0 fully saturated rings. The molecule has 0 saturated heterocycles. The third-order valence-corrected chi connectivity index (χ3v) is 2.65. The Morgan fingerprint density at radius 2 is 2.07 bits per heavy atom. The van der Waals surface area contributed by atoms with Gasteiger partial charge in [0.1, 0.15) is 0 Å². The molecule has 1 rings (SSSR count). The molecule has 1 N–H and O–H groups in total. The smallest absolute Gasteiger partial charge is 0.0993 e. The Hall–Kier alpha value is -0.900. The van der Waals surface area contributed by atoms with Crippen LogP contribution in [0.2, 0.25) is 0 Å². The minimum Gasteiger partial charge on any atom is -0.314 e. The van der Waals surface area contributed by atoms with Crippen LogP contribution in [0, 0.1) is 6.92 Å². The monoisotopic (exact) mass is 210 g/mol. The van der Waals surface area contributed by atoms with Gasteiger partial charge >= 0.3 is 0 Å². The van der Waals surface area contributed by atoms with Crippen molar-refractivity contribution in [2.45, 2.75) is 52.6 Å². The number of hydrogen-bond donors (Lipinski definition) is 1. The summed E-state index contributed by atoms with van der Waals surface area (Å²) in [6, 6.07) is 0. The lowest BCUT2D eigenvalue weighted by Gasteiger charge is -2.03. The van der Waals surface area contributed by atoms with Crippen molar-refractivity contribution >= 4 is 0 Å². The molecule has 0 atom stereocenters. The third kappa shape index (κ3) is 3.63. The molecule has 0 aliphatic heterocycles. The van der Waals surface area contributed by atoms with Gasteiger partial charge in [-0.15, -0.1) is 5.10 Å². The van der Waals surface area contributed by atoms with Crippen molar-refractivity contribution in [3.05, 3.63) is 11.4 Å². The van der Waals surface area contributed by atoms with Crippen molar-refractivity contribution in [2.75, 3.05) is 7.05 Å². The fraction of sp³-hybridized carbons (Fsp3) is 0.818. The maximum absolute atomic E-state index is 4.16. The highest BCUT2D eigenvalue weighted by Gasteiger charge is 2.06. The van der Waals surface area contributed by atoms with Gasteiger partial charge in [0, 0.05) is 13.1 Å². The van der Waals surface area contributed by atoms with Crippen LogP contribution in [0.3, 0.4) is 0 Å². The zero-order chi connectivity index (χ0) is 11.1. The fourth-order valence-electron chi connectivity index (χ4n) is 1.63. The molecule has 4 heteroatoms. The van der Waals surface area contributed by atoms with Gasteiger partial charge < -0.3 is 5.32 Å². The van der Waals surface area contributed by atoms with Gasteiger partial charge in [-0.05, 0) is 20.4 Å². The summed E-state index contributed by atoms with van der Waals surface area (Å²) >= 11 is 0. The maximum Gasteiger partial charge on any atom is 0.0993 e. The summed E-state index contributed by atoms with van der Waals surface area (Å²) in [5.41, 5.74) is 2.26. The lowest BCUT2D eigenvalue weighted by atomic mass is 10.2. The summed E-state index contributed by atoms with van der Waals surface area (Å²) in [5, 5.41) is 11.4. The highest BCUT2D eigenvalue weighted by Crippen LogP contribution is 2.06. The van der Waals surface area contributed by atoms with Gasteiger partial charge in [-0.1, -0.05) is 31.4 Å². The van der Waals surface area contributed by atoms with Gasteiger partial charge in [0.25, 0.3) is 0 Å². The van der Waals surface area contributed by atoms with E-state index in [-0.39, 0.29) is 0 Å². The maximum atomic E-state index is 4.16. The molecule has 15 heavy (non-hydrogen) atoms. The van der Waals surface area contributed by atoms with Crippen LogP contribution in [-0.2, 0) is 13.1 Å². The van der Waals surface area contributed by atoms with Crippen LogP contribution in [-0.4, -0.2) is 22.0 Å². The molecule has 86 valence electrons. The van der Waals surface area contributed by atoms with Crippen molar-refractivity contribution < 1.29 is 0 Å². The minimum absolute atomic E-state index is 0.806. The first-order valence-electron chi connectivity index (χ1n) is 5.83. The molecule has 0 amide bonds. The Morgan fingerprint density at radius 3 is 2.73 bits per heavy atom. The first-order valence-corrected chi connectivity index (χ1v) is 5.83. The molecule has 1 heterocycles. The van der Waals surface area contributed by atoms with Gasteiger partial charge in [-0.25, -0.2) is 4.68 Å². The van der Waals surface area contributed by atoms with Crippen LogP contribution < -0.4 is 5.32 Å². The number of aromatic nitrogens is 3. The topological polar surface area (TPSA) is 42.7 Å². The van der Waals surface area contributed by atoms with Crippen LogP contribution in [0.15, 0.2) is 0 Å². The standard InChI is InChI=1S/C11H22N4/c1-4-5-6-7-8-15-10(2)11(9-12-3)13-14-15/h12H,4-9H2,1-3H3. The van der Waals surface area contributed by atoms with E-state index in [1.807, 2.05) is 11.7 Å². The predicted molar refractivity (Wildman–Crippen MR) is 61.7 cm³/mol. The molecule has 1 aromatic rings. The summed E-state index contributed by atoms with van der Waals surface area (Å²) < 4.78 is 2.02. The number of rotatable bonds is 7. The van der Waals surface area contributed by atoms with Crippen LogP contribution in [0.4, 0.5) is 0 Å².